The SMILES string of the molecule is [C-]#[N+]c1c(N)sc2c1[C@@](C)(C#C[Si](CC)(CC)CC)CCC2.[C-]#[N+]c1c(N=CN(C)C)sc2c1[C@@](C)(C#C[Si](CC)(CC)CC)CCC2. The molecule has 258 valence electrons. The van der Waals surface area contributed by atoms with E-state index in [9.17, 15) is 0 Å². The molecule has 5 nitrogen and oxygen atoms in total. The molecule has 2 atom stereocenters. The van der Waals surface area contributed by atoms with Crippen LogP contribution >= 0.6 is 22.7 Å². The molecule has 9 heteroatoms. The number of nitrogens with zero attached hydrogens (tertiary/aromatic N) is 4. The molecule has 0 bridgehead atoms. The van der Waals surface area contributed by atoms with Crippen LogP contribution in [-0.2, 0) is 23.7 Å². The Balaban J connectivity index is 0.000000264. The molecule has 0 fully saturated rings. The van der Waals surface area contributed by atoms with E-state index in [2.05, 4.69) is 93.0 Å². The van der Waals surface area contributed by atoms with Crippen molar-refractivity contribution in [3.8, 4) is 22.9 Å². The molecule has 0 aromatic carbocycles. The third-order valence-corrected chi connectivity index (χ3v) is 22.7. The van der Waals surface area contributed by atoms with E-state index < -0.39 is 16.1 Å². The van der Waals surface area contributed by atoms with Crippen LogP contribution in [0.25, 0.3) is 9.69 Å². The van der Waals surface area contributed by atoms with Gasteiger partial charge in [-0.1, -0.05) is 41.5 Å². The molecule has 0 spiro atoms. The number of anilines is 1. The van der Waals surface area contributed by atoms with E-state index in [1.807, 2.05) is 19.0 Å². The summed E-state index contributed by atoms with van der Waals surface area (Å²) in [6, 6.07) is 7.31. The monoisotopic (exact) mass is 715 g/mol. The minimum atomic E-state index is -1.49. The van der Waals surface area contributed by atoms with Crippen LogP contribution in [0.3, 0.4) is 0 Å². The van der Waals surface area contributed by atoms with Crippen LogP contribution in [0.15, 0.2) is 4.99 Å². The number of nitrogen functional groups attached to an aromatic ring is 1. The fourth-order valence-corrected chi connectivity index (χ4v) is 14.8. The Bertz CT molecular complexity index is 1660. The van der Waals surface area contributed by atoms with Crippen molar-refractivity contribution in [2.75, 3.05) is 19.8 Å². The second-order valence-electron chi connectivity index (χ2n) is 14.2. The number of hydrogen-bond acceptors (Lipinski definition) is 4. The summed E-state index contributed by atoms with van der Waals surface area (Å²) in [5.41, 5.74) is 17.0. The zero-order chi connectivity index (χ0) is 35.8. The number of thiophene rings is 2. The largest absolute Gasteiger partial charge is 0.399 e. The van der Waals surface area contributed by atoms with Crippen LogP contribution in [0, 0.1) is 36.1 Å². The average Bonchev–Trinajstić information content (AvgIpc) is 3.64. The molecule has 0 amide bonds. The van der Waals surface area contributed by atoms with Crippen molar-refractivity contribution < 1.29 is 0 Å². The molecule has 2 aromatic heterocycles. The molecule has 2 aliphatic rings. The zero-order valence-electron chi connectivity index (χ0n) is 31.2. The van der Waals surface area contributed by atoms with E-state index in [-0.39, 0.29) is 10.8 Å². The van der Waals surface area contributed by atoms with E-state index in [1.165, 1.54) is 51.6 Å². The van der Waals surface area contributed by atoms with Gasteiger partial charge in [-0.15, -0.1) is 45.6 Å². The Morgan fingerprint density at radius 2 is 1.19 bits per heavy atom. The van der Waals surface area contributed by atoms with E-state index in [0.717, 1.165) is 54.8 Å². The lowest BCUT2D eigenvalue weighted by molar-refractivity contribution is 0.505. The number of rotatable bonds is 8. The van der Waals surface area contributed by atoms with Gasteiger partial charge in [-0.3, -0.25) is 0 Å². The highest BCUT2D eigenvalue weighted by Gasteiger charge is 2.38. The second-order valence-corrected chi connectivity index (χ2v) is 26.2. The van der Waals surface area contributed by atoms with Crippen molar-refractivity contribution in [1.29, 1.82) is 0 Å². The molecule has 2 aromatic rings. The molecule has 0 aliphatic heterocycles. The van der Waals surface area contributed by atoms with Crippen LogP contribution < -0.4 is 5.73 Å². The average molecular weight is 716 g/mol. The summed E-state index contributed by atoms with van der Waals surface area (Å²) in [5, 5.41) is 1.53. The van der Waals surface area contributed by atoms with Gasteiger partial charge in [-0.05, 0) is 110 Å². The number of fused-ring (bicyclic) bond motifs is 2. The summed E-state index contributed by atoms with van der Waals surface area (Å²) in [6.07, 6.45) is 8.28. The van der Waals surface area contributed by atoms with E-state index >= 15 is 0 Å². The van der Waals surface area contributed by atoms with Crippen LogP contribution in [-0.4, -0.2) is 41.5 Å². The molecule has 0 saturated heterocycles. The topological polar surface area (TPSA) is 50.3 Å². The Morgan fingerprint density at radius 3 is 1.58 bits per heavy atom. The Hall–Kier alpha value is -2.80. The summed E-state index contributed by atoms with van der Waals surface area (Å²) in [7, 11) is 0.957. The molecule has 2 aliphatic carbocycles. The maximum absolute atomic E-state index is 7.77. The second kappa shape index (κ2) is 16.7. The summed E-state index contributed by atoms with van der Waals surface area (Å²) in [4.78, 5) is 16.7. The van der Waals surface area contributed by atoms with Gasteiger partial charge in [0.25, 0.3) is 0 Å². The first-order valence-corrected chi connectivity index (χ1v) is 24.8. The molecule has 0 radical (unpaired) electrons. The quantitative estimate of drug-likeness (QED) is 0.0972. The van der Waals surface area contributed by atoms with Crippen molar-refractivity contribution in [3.63, 3.8) is 0 Å². The Morgan fingerprint density at radius 1 is 0.771 bits per heavy atom. The predicted octanol–water partition coefficient (Wildman–Crippen LogP) is 11.7. The minimum Gasteiger partial charge on any atom is -0.399 e. The van der Waals surface area contributed by atoms with Crippen molar-refractivity contribution in [2.24, 2.45) is 4.99 Å². The first-order chi connectivity index (χ1) is 22.8. The first kappa shape index (κ1) is 39.6. The highest BCUT2D eigenvalue weighted by atomic mass is 32.1. The minimum absolute atomic E-state index is 0.181. The van der Waals surface area contributed by atoms with Crippen LogP contribution in [0.5, 0.6) is 0 Å². The third kappa shape index (κ3) is 8.31. The third-order valence-electron chi connectivity index (χ3n) is 11.1. The molecular weight excluding hydrogens is 659 g/mol. The van der Waals surface area contributed by atoms with Gasteiger partial charge in [0.15, 0.2) is 0 Å². The van der Waals surface area contributed by atoms with Crippen molar-refractivity contribution >= 4 is 66.5 Å². The van der Waals surface area contributed by atoms with E-state index in [0.29, 0.717) is 10.7 Å². The molecule has 4 rings (SSSR count). The van der Waals surface area contributed by atoms with Crippen LogP contribution in [0.4, 0.5) is 21.4 Å². The smallest absolute Gasteiger partial charge is 0.227 e. The summed E-state index contributed by atoms with van der Waals surface area (Å²) in [6.45, 7) is 33.5. The van der Waals surface area contributed by atoms with Crippen molar-refractivity contribution in [1.82, 2.24) is 4.90 Å². The van der Waals surface area contributed by atoms with Gasteiger partial charge in [0.1, 0.15) is 21.1 Å². The normalized spacial score (nSPS) is 20.1. The summed E-state index contributed by atoms with van der Waals surface area (Å²) >= 11 is 3.29. The number of aliphatic imine (C=N–C) groups is 1. The predicted molar refractivity (Wildman–Crippen MR) is 218 cm³/mol. The standard InChI is InChI=1S/C21H31N3SSi.C18H26N2SSi/c1-8-26(9-2,10-3)15-14-21(4)13-11-12-17-18(21)19(22-5)20(25-17)23-16-24(6)7;1-6-22(7-2,8-3)13-12-18(4)11-9-10-14-15(18)16(20-5)17(19)21-14/h16H,8-13H2,1-4,6-7H3;6-11,19H2,1-4H3/t21-;18-/m11/s1. The lowest BCUT2D eigenvalue weighted by atomic mass is 9.74. The van der Waals surface area contributed by atoms with E-state index in [4.69, 9.17) is 18.9 Å². The lowest BCUT2D eigenvalue weighted by Gasteiger charge is -2.31. The molecule has 2 heterocycles. The Labute approximate surface area is 302 Å². The van der Waals surface area contributed by atoms with Crippen molar-refractivity contribution in [3.05, 3.63) is 43.7 Å². The summed E-state index contributed by atoms with van der Waals surface area (Å²) < 4.78 is 0. The fourth-order valence-electron chi connectivity index (χ4n) is 7.18. The highest BCUT2D eigenvalue weighted by Crippen LogP contribution is 2.52. The van der Waals surface area contributed by atoms with Crippen LogP contribution in [0.2, 0.25) is 36.3 Å². The van der Waals surface area contributed by atoms with E-state index in [1.54, 1.807) is 29.0 Å². The van der Waals surface area contributed by atoms with Crippen molar-refractivity contribution in [2.45, 2.75) is 141 Å². The van der Waals surface area contributed by atoms with Gasteiger partial charge >= 0.3 is 0 Å². The molecule has 48 heavy (non-hydrogen) atoms. The van der Waals surface area contributed by atoms with Gasteiger partial charge in [0.05, 0.1) is 24.5 Å². The van der Waals surface area contributed by atoms with Gasteiger partial charge in [-0.2, -0.15) is 0 Å². The first-order valence-electron chi connectivity index (χ1n) is 17.9. The number of aryl methyl sites for hydroxylation is 2. The van der Waals surface area contributed by atoms with Crippen LogP contribution in [0.1, 0.15) is 102 Å². The van der Waals surface area contributed by atoms with Gasteiger partial charge in [-0.25, -0.2) is 14.7 Å². The highest BCUT2D eigenvalue weighted by molar-refractivity contribution is 7.17. The molecule has 2 N–H and O–H groups in total. The maximum atomic E-state index is 7.77. The van der Waals surface area contributed by atoms with Gasteiger partial charge in [0, 0.05) is 24.9 Å². The fraction of sp³-hybridized carbons (Fsp3) is 0.615. The summed E-state index contributed by atoms with van der Waals surface area (Å²) in [5.74, 6) is 7.37. The number of hydrogen-bond donors (Lipinski definition) is 1. The maximum Gasteiger partial charge on any atom is 0.227 e. The molecule has 0 saturated carbocycles. The van der Waals surface area contributed by atoms with Gasteiger partial charge in [0.2, 0.25) is 11.4 Å². The number of nitrogens with two attached hydrogens (primary N) is 1. The van der Waals surface area contributed by atoms with Gasteiger partial charge < -0.3 is 10.6 Å². The lowest BCUT2D eigenvalue weighted by Crippen LogP contribution is -2.32. The molecular formula is C39H57N5S2Si2. The zero-order valence-corrected chi connectivity index (χ0v) is 34.9. The molecule has 0 unspecified atom stereocenters. The Kier molecular flexibility index (Phi) is 13.8.